The van der Waals surface area contributed by atoms with Crippen molar-refractivity contribution >= 4 is 34.4 Å². The Hall–Kier alpha value is -1.52. The van der Waals surface area contributed by atoms with Crippen LogP contribution in [0.15, 0.2) is 24.3 Å². The van der Waals surface area contributed by atoms with Crippen molar-refractivity contribution in [2.75, 3.05) is 0 Å². The Balaban J connectivity index is 2.17. The summed E-state index contributed by atoms with van der Waals surface area (Å²) in [5, 5.41) is 5.15. The van der Waals surface area contributed by atoms with E-state index in [1.54, 1.807) is 0 Å². The Kier molecular flexibility index (Phi) is 3.44. The number of halogens is 2. The number of benzene rings is 1. The highest BCUT2D eigenvalue weighted by atomic mass is 35.5. The number of nitrogens with zero attached hydrogens (tertiary/aromatic N) is 4. The van der Waals surface area contributed by atoms with Crippen LogP contribution in [0.2, 0.25) is 5.02 Å². The molecule has 20 heavy (non-hydrogen) atoms. The van der Waals surface area contributed by atoms with Crippen molar-refractivity contribution in [1.82, 2.24) is 19.3 Å². The van der Waals surface area contributed by atoms with E-state index in [0.717, 1.165) is 33.3 Å². The van der Waals surface area contributed by atoms with Crippen molar-refractivity contribution in [3.63, 3.8) is 0 Å². The fraction of sp³-hybridized carbons (Fsp3) is 0.286. The van der Waals surface area contributed by atoms with Crippen molar-refractivity contribution in [3.05, 3.63) is 46.4 Å². The van der Waals surface area contributed by atoms with Gasteiger partial charge in [0.2, 0.25) is 0 Å². The summed E-state index contributed by atoms with van der Waals surface area (Å²) in [6.07, 6.45) is 0. The molecule has 0 saturated carbocycles. The predicted octanol–water partition coefficient (Wildman–Crippen LogP) is 3.52. The Morgan fingerprint density at radius 3 is 2.70 bits per heavy atom. The SMILES string of the molecule is Cc1nn(C)c2c1nc(CCl)n2Cc1ccccc1Cl. The van der Waals surface area contributed by atoms with E-state index in [0.29, 0.717) is 12.4 Å². The lowest BCUT2D eigenvalue weighted by atomic mass is 10.2. The van der Waals surface area contributed by atoms with E-state index in [9.17, 15) is 0 Å². The Morgan fingerprint density at radius 1 is 1.25 bits per heavy atom. The molecule has 0 radical (unpaired) electrons. The third-order valence-electron chi connectivity index (χ3n) is 3.37. The molecular weight excluding hydrogens is 295 g/mol. The van der Waals surface area contributed by atoms with Gasteiger partial charge in [-0.05, 0) is 18.6 Å². The van der Waals surface area contributed by atoms with Gasteiger partial charge in [-0.15, -0.1) is 11.6 Å². The van der Waals surface area contributed by atoms with Gasteiger partial charge in [0.15, 0.2) is 5.65 Å². The van der Waals surface area contributed by atoms with Crippen molar-refractivity contribution in [2.45, 2.75) is 19.3 Å². The smallest absolute Gasteiger partial charge is 0.159 e. The van der Waals surface area contributed by atoms with E-state index in [1.807, 2.05) is 42.9 Å². The predicted molar refractivity (Wildman–Crippen MR) is 81.3 cm³/mol. The summed E-state index contributed by atoms with van der Waals surface area (Å²) < 4.78 is 3.91. The maximum atomic E-state index is 6.24. The third-order valence-corrected chi connectivity index (χ3v) is 3.98. The molecule has 2 heterocycles. The summed E-state index contributed by atoms with van der Waals surface area (Å²) in [7, 11) is 1.91. The Labute approximate surface area is 126 Å². The summed E-state index contributed by atoms with van der Waals surface area (Å²) in [6.45, 7) is 2.59. The molecule has 6 heteroatoms. The lowest BCUT2D eigenvalue weighted by Gasteiger charge is -2.09. The summed E-state index contributed by atoms with van der Waals surface area (Å²) in [5.74, 6) is 1.19. The van der Waals surface area contributed by atoms with Gasteiger partial charge in [-0.1, -0.05) is 29.8 Å². The maximum absolute atomic E-state index is 6.24. The number of alkyl halides is 1. The first-order valence-corrected chi connectivity index (χ1v) is 7.21. The minimum atomic E-state index is 0.360. The Bertz CT molecular complexity index is 773. The zero-order chi connectivity index (χ0) is 14.3. The summed E-state index contributed by atoms with van der Waals surface area (Å²) in [6, 6.07) is 7.80. The number of hydrogen-bond donors (Lipinski definition) is 0. The molecule has 0 amide bonds. The van der Waals surface area contributed by atoms with Crippen LogP contribution in [0, 0.1) is 6.92 Å². The molecule has 0 fully saturated rings. The average molecular weight is 309 g/mol. The van der Waals surface area contributed by atoms with Crippen LogP contribution in [-0.4, -0.2) is 19.3 Å². The first-order chi connectivity index (χ1) is 9.61. The van der Waals surface area contributed by atoms with Crippen LogP contribution in [0.3, 0.4) is 0 Å². The van der Waals surface area contributed by atoms with Crippen LogP contribution in [-0.2, 0) is 19.5 Å². The second-order valence-electron chi connectivity index (χ2n) is 4.72. The van der Waals surface area contributed by atoms with Crippen LogP contribution in [0.25, 0.3) is 11.2 Å². The molecule has 4 nitrogen and oxygen atoms in total. The van der Waals surface area contributed by atoms with E-state index in [2.05, 4.69) is 14.6 Å². The summed E-state index contributed by atoms with van der Waals surface area (Å²) in [5.41, 5.74) is 3.82. The van der Waals surface area contributed by atoms with Crippen LogP contribution < -0.4 is 0 Å². The molecular formula is C14H14Cl2N4. The number of aryl methyl sites for hydroxylation is 2. The standard InChI is InChI=1S/C14H14Cl2N4/c1-9-13-14(19(2)18-9)20(12(7-15)17-13)8-10-5-3-4-6-11(10)16/h3-6H,7-8H2,1-2H3. The fourth-order valence-corrected chi connectivity index (χ4v) is 2.84. The van der Waals surface area contributed by atoms with Gasteiger partial charge in [-0.25, -0.2) is 4.98 Å². The van der Waals surface area contributed by atoms with E-state index in [1.165, 1.54) is 0 Å². The van der Waals surface area contributed by atoms with Crippen LogP contribution in [0.4, 0.5) is 0 Å². The minimum Gasteiger partial charge on any atom is -0.307 e. The fourth-order valence-electron chi connectivity index (χ4n) is 2.45. The second kappa shape index (κ2) is 5.11. The van der Waals surface area contributed by atoms with Gasteiger partial charge in [0, 0.05) is 12.1 Å². The molecule has 2 aromatic heterocycles. The van der Waals surface area contributed by atoms with Crippen LogP contribution in [0.1, 0.15) is 17.1 Å². The van der Waals surface area contributed by atoms with E-state index in [-0.39, 0.29) is 0 Å². The number of fused-ring (bicyclic) bond motifs is 1. The summed E-state index contributed by atoms with van der Waals surface area (Å²) in [4.78, 5) is 4.58. The highest BCUT2D eigenvalue weighted by Gasteiger charge is 2.17. The third kappa shape index (κ3) is 2.09. The van der Waals surface area contributed by atoms with E-state index in [4.69, 9.17) is 23.2 Å². The van der Waals surface area contributed by atoms with Gasteiger partial charge in [-0.3, -0.25) is 4.68 Å². The molecule has 3 aromatic rings. The molecule has 1 aromatic carbocycles. The maximum Gasteiger partial charge on any atom is 0.159 e. The zero-order valence-electron chi connectivity index (χ0n) is 11.3. The van der Waals surface area contributed by atoms with Gasteiger partial charge in [0.25, 0.3) is 0 Å². The molecule has 0 bridgehead atoms. The van der Waals surface area contributed by atoms with Gasteiger partial charge in [-0.2, -0.15) is 5.10 Å². The second-order valence-corrected chi connectivity index (χ2v) is 5.39. The Morgan fingerprint density at radius 2 is 2.00 bits per heavy atom. The molecule has 0 spiro atoms. The molecule has 0 aliphatic rings. The number of imidazole rings is 1. The first-order valence-electron chi connectivity index (χ1n) is 6.30. The van der Waals surface area contributed by atoms with Crippen LogP contribution >= 0.6 is 23.2 Å². The molecule has 104 valence electrons. The van der Waals surface area contributed by atoms with Gasteiger partial charge in [0.1, 0.15) is 11.3 Å². The van der Waals surface area contributed by atoms with E-state index < -0.39 is 0 Å². The number of rotatable bonds is 3. The molecule has 0 N–H and O–H groups in total. The first kappa shape index (κ1) is 13.5. The molecule has 0 atom stereocenters. The average Bonchev–Trinajstić information content (AvgIpc) is 2.92. The quantitative estimate of drug-likeness (QED) is 0.694. The van der Waals surface area contributed by atoms with E-state index >= 15 is 0 Å². The lowest BCUT2D eigenvalue weighted by molar-refractivity contribution is 0.702. The van der Waals surface area contributed by atoms with Crippen LogP contribution in [0.5, 0.6) is 0 Å². The molecule has 0 aliphatic heterocycles. The van der Waals surface area contributed by atoms with Crippen molar-refractivity contribution in [1.29, 1.82) is 0 Å². The molecule has 0 aliphatic carbocycles. The van der Waals surface area contributed by atoms with Crippen molar-refractivity contribution < 1.29 is 0 Å². The minimum absolute atomic E-state index is 0.360. The largest absolute Gasteiger partial charge is 0.307 e. The topological polar surface area (TPSA) is 35.6 Å². The lowest BCUT2D eigenvalue weighted by Crippen LogP contribution is -2.08. The molecule has 3 rings (SSSR count). The van der Waals surface area contributed by atoms with Gasteiger partial charge < -0.3 is 4.57 Å². The monoisotopic (exact) mass is 308 g/mol. The van der Waals surface area contributed by atoms with Crippen molar-refractivity contribution in [3.8, 4) is 0 Å². The normalized spacial score (nSPS) is 11.4. The summed E-state index contributed by atoms with van der Waals surface area (Å²) >= 11 is 12.3. The number of hydrogen-bond acceptors (Lipinski definition) is 2. The highest BCUT2D eigenvalue weighted by molar-refractivity contribution is 6.31. The van der Waals surface area contributed by atoms with Gasteiger partial charge in [0.05, 0.1) is 18.1 Å². The van der Waals surface area contributed by atoms with Gasteiger partial charge >= 0.3 is 0 Å². The van der Waals surface area contributed by atoms with Crippen molar-refractivity contribution in [2.24, 2.45) is 7.05 Å². The molecule has 0 saturated heterocycles. The zero-order valence-corrected chi connectivity index (χ0v) is 12.8. The molecule has 0 unspecified atom stereocenters. The number of aromatic nitrogens is 4. The highest BCUT2D eigenvalue weighted by Crippen LogP contribution is 2.23.